The molecule has 0 bridgehead atoms. The first kappa shape index (κ1) is 16.5. The number of amides is 1. The second-order valence-electron chi connectivity index (χ2n) is 6.33. The number of carbonyl (C=O) groups is 1. The van der Waals surface area contributed by atoms with Crippen molar-refractivity contribution in [2.45, 2.75) is 25.3 Å². The van der Waals surface area contributed by atoms with Gasteiger partial charge in [0.15, 0.2) is 0 Å². The zero-order valence-electron chi connectivity index (χ0n) is 14.1. The Morgan fingerprint density at radius 1 is 1.50 bits per heavy atom. The normalized spacial score (nSPS) is 17.2. The van der Waals surface area contributed by atoms with Gasteiger partial charge >= 0.3 is 0 Å². The molecule has 4 rings (SSSR count). The average Bonchev–Trinajstić information content (AvgIpc) is 3.34. The monoisotopic (exact) mass is 366 g/mol. The molecular formula is C18H18N6OS. The van der Waals surface area contributed by atoms with Gasteiger partial charge in [-0.25, -0.2) is 4.98 Å². The molecule has 0 aliphatic carbocycles. The van der Waals surface area contributed by atoms with E-state index in [4.69, 9.17) is 5.26 Å². The number of carbonyl (C=O) groups excluding carboxylic acids is 1. The zero-order chi connectivity index (χ0) is 17.9. The molecule has 8 heteroatoms. The van der Waals surface area contributed by atoms with E-state index in [0.29, 0.717) is 13.1 Å². The highest BCUT2D eigenvalue weighted by Gasteiger charge is 2.25. The van der Waals surface area contributed by atoms with Crippen molar-refractivity contribution in [2.24, 2.45) is 0 Å². The van der Waals surface area contributed by atoms with Gasteiger partial charge in [-0.15, -0.1) is 0 Å². The highest BCUT2D eigenvalue weighted by molar-refractivity contribution is 7.03. The summed E-state index contributed by atoms with van der Waals surface area (Å²) in [6.07, 6.45) is 5.53. The van der Waals surface area contributed by atoms with Gasteiger partial charge in [0.05, 0.1) is 17.5 Å². The molecule has 132 valence electrons. The van der Waals surface area contributed by atoms with Crippen molar-refractivity contribution in [3.8, 4) is 17.3 Å². The molecule has 1 amide bonds. The number of nitrogens with zero attached hydrogens (tertiary/aromatic N) is 4. The number of nitrogens with one attached hydrogen (secondary N) is 2. The summed E-state index contributed by atoms with van der Waals surface area (Å²) in [6, 6.07) is 6.06. The molecule has 3 aromatic heterocycles. The van der Waals surface area contributed by atoms with Gasteiger partial charge in [0.1, 0.15) is 12.1 Å². The lowest BCUT2D eigenvalue weighted by Gasteiger charge is -2.33. The van der Waals surface area contributed by atoms with E-state index < -0.39 is 0 Å². The molecule has 1 atom stereocenters. The predicted octanol–water partition coefficient (Wildman–Crippen LogP) is 3.00. The molecule has 0 saturated carbocycles. The Balaban J connectivity index is 1.64. The highest BCUT2D eigenvalue weighted by atomic mass is 32.1. The number of H-pyrrole nitrogens is 1. The Bertz CT molecular complexity index is 958. The van der Waals surface area contributed by atoms with E-state index in [2.05, 4.69) is 19.7 Å². The van der Waals surface area contributed by atoms with Gasteiger partial charge in [-0.2, -0.15) is 9.64 Å². The molecule has 0 aromatic carbocycles. The van der Waals surface area contributed by atoms with Gasteiger partial charge in [0, 0.05) is 47.9 Å². The van der Waals surface area contributed by atoms with E-state index in [0.717, 1.165) is 40.8 Å². The number of aromatic amines is 1. The Kier molecular flexibility index (Phi) is 4.54. The molecule has 1 aliphatic rings. The number of hydrogen-bond donors (Lipinski definition) is 2. The van der Waals surface area contributed by atoms with E-state index in [9.17, 15) is 4.79 Å². The summed E-state index contributed by atoms with van der Waals surface area (Å²) in [6.45, 7) is 1.32. The van der Waals surface area contributed by atoms with Crippen molar-refractivity contribution in [1.82, 2.24) is 19.2 Å². The summed E-state index contributed by atoms with van der Waals surface area (Å²) in [4.78, 5) is 21.5. The van der Waals surface area contributed by atoms with Crippen molar-refractivity contribution >= 4 is 34.2 Å². The quantitative estimate of drug-likeness (QED) is 0.740. The third kappa shape index (κ3) is 3.13. The van der Waals surface area contributed by atoms with Crippen LogP contribution >= 0.6 is 11.5 Å². The van der Waals surface area contributed by atoms with E-state index >= 15 is 0 Å². The molecule has 1 saturated heterocycles. The standard InChI is InChI=1S/C18H18N6OS/c19-6-3-16(25)24-8-1-2-12(11-24)22-17-13-4-7-20-18(13)21-10-14(17)15-5-9-26-23-15/h4-5,7,9-10,12H,1-3,8,11H2,(H2,20,21,22). The number of anilines is 1. The molecular weight excluding hydrogens is 348 g/mol. The van der Waals surface area contributed by atoms with Gasteiger partial charge in [0.25, 0.3) is 0 Å². The van der Waals surface area contributed by atoms with Crippen LogP contribution < -0.4 is 5.32 Å². The Hall–Kier alpha value is -2.92. The van der Waals surface area contributed by atoms with Crippen molar-refractivity contribution in [3.63, 3.8) is 0 Å². The smallest absolute Gasteiger partial charge is 0.236 e. The first-order chi connectivity index (χ1) is 12.8. The fraction of sp³-hybridized carbons (Fsp3) is 0.333. The molecule has 26 heavy (non-hydrogen) atoms. The molecule has 7 nitrogen and oxygen atoms in total. The third-order valence-electron chi connectivity index (χ3n) is 4.65. The van der Waals surface area contributed by atoms with Gasteiger partial charge in [-0.1, -0.05) is 0 Å². The Labute approximate surface area is 154 Å². The lowest BCUT2D eigenvalue weighted by molar-refractivity contribution is -0.131. The van der Waals surface area contributed by atoms with E-state index in [1.807, 2.05) is 36.0 Å². The first-order valence-electron chi connectivity index (χ1n) is 8.54. The SMILES string of the molecule is N#CCC(=O)N1CCCC(Nc2c(-c3ccsn3)cnc3[nH]ccc23)C1. The molecule has 0 radical (unpaired) electrons. The first-order valence-corrected chi connectivity index (χ1v) is 9.38. The lowest BCUT2D eigenvalue weighted by Crippen LogP contribution is -2.45. The van der Waals surface area contributed by atoms with Crippen LogP contribution in [0.25, 0.3) is 22.3 Å². The molecule has 3 aromatic rings. The maximum atomic E-state index is 12.1. The van der Waals surface area contributed by atoms with Crippen molar-refractivity contribution in [1.29, 1.82) is 5.26 Å². The molecule has 1 aliphatic heterocycles. The number of hydrogen-bond acceptors (Lipinski definition) is 6. The highest BCUT2D eigenvalue weighted by Crippen LogP contribution is 2.34. The minimum absolute atomic E-state index is 0.0614. The second-order valence-corrected chi connectivity index (χ2v) is 7.00. The van der Waals surface area contributed by atoms with Crippen LogP contribution in [0, 0.1) is 11.3 Å². The van der Waals surface area contributed by atoms with Gasteiger partial charge in [0.2, 0.25) is 5.91 Å². The number of likely N-dealkylation sites (tertiary alicyclic amines) is 1. The van der Waals surface area contributed by atoms with Crippen LogP contribution in [0.5, 0.6) is 0 Å². The van der Waals surface area contributed by atoms with E-state index in [-0.39, 0.29) is 18.4 Å². The van der Waals surface area contributed by atoms with Gasteiger partial charge < -0.3 is 15.2 Å². The number of nitriles is 1. The summed E-state index contributed by atoms with van der Waals surface area (Å²) in [5.74, 6) is -0.0970. The molecule has 0 spiro atoms. The van der Waals surface area contributed by atoms with Crippen LogP contribution in [-0.4, -0.2) is 44.3 Å². The van der Waals surface area contributed by atoms with Crippen LogP contribution in [-0.2, 0) is 4.79 Å². The van der Waals surface area contributed by atoms with Crippen LogP contribution in [0.4, 0.5) is 5.69 Å². The van der Waals surface area contributed by atoms with Gasteiger partial charge in [-0.05, 0) is 36.5 Å². The van der Waals surface area contributed by atoms with Crippen LogP contribution in [0.15, 0.2) is 29.9 Å². The zero-order valence-corrected chi connectivity index (χ0v) is 14.9. The fourth-order valence-corrected chi connectivity index (χ4v) is 3.94. The van der Waals surface area contributed by atoms with Crippen molar-refractivity contribution < 1.29 is 4.79 Å². The van der Waals surface area contributed by atoms with E-state index in [1.54, 1.807) is 4.90 Å². The maximum absolute atomic E-state index is 12.1. The Morgan fingerprint density at radius 3 is 3.23 bits per heavy atom. The van der Waals surface area contributed by atoms with Crippen LogP contribution in [0.2, 0.25) is 0 Å². The molecule has 1 unspecified atom stereocenters. The number of piperidine rings is 1. The maximum Gasteiger partial charge on any atom is 0.236 e. The van der Waals surface area contributed by atoms with Crippen LogP contribution in [0.1, 0.15) is 19.3 Å². The van der Waals surface area contributed by atoms with Gasteiger partial charge in [-0.3, -0.25) is 4.79 Å². The number of pyridine rings is 1. The molecule has 2 N–H and O–H groups in total. The third-order valence-corrected chi connectivity index (χ3v) is 5.21. The average molecular weight is 366 g/mol. The number of fused-ring (bicyclic) bond motifs is 1. The summed E-state index contributed by atoms with van der Waals surface area (Å²) >= 11 is 1.41. The van der Waals surface area contributed by atoms with E-state index in [1.165, 1.54) is 11.5 Å². The minimum atomic E-state index is -0.0970. The molecule has 4 heterocycles. The Morgan fingerprint density at radius 2 is 2.42 bits per heavy atom. The topological polar surface area (TPSA) is 97.7 Å². The van der Waals surface area contributed by atoms with Crippen molar-refractivity contribution in [2.75, 3.05) is 18.4 Å². The van der Waals surface area contributed by atoms with Crippen LogP contribution in [0.3, 0.4) is 0 Å². The number of aromatic nitrogens is 3. The lowest BCUT2D eigenvalue weighted by atomic mass is 10.0. The summed E-state index contributed by atoms with van der Waals surface area (Å²) < 4.78 is 4.45. The summed E-state index contributed by atoms with van der Waals surface area (Å²) in [5.41, 5.74) is 3.65. The predicted molar refractivity (Wildman–Crippen MR) is 101 cm³/mol. The second kappa shape index (κ2) is 7.14. The fourth-order valence-electron chi connectivity index (χ4n) is 3.41. The summed E-state index contributed by atoms with van der Waals surface area (Å²) in [5, 5.41) is 15.4. The van der Waals surface area contributed by atoms with Crippen molar-refractivity contribution in [3.05, 3.63) is 29.9 Å². The largest absolute Gasteiger partial charge is 0.379 e. The number of rotatable bonds is 4. The summed E-state index contributed by atoms with van der Waals surface area (Å²) in [7, 11) is 0. The molecule has 1 fully saturated rings. The minimum Gasteiger partial charge on any atom is -0.379 e.